The van der Waals surface area contributed by atoms with Crippen LogP contribution in [0.25, 0.3) is 10.1 Å². The van der Waals surface area contributed by atoms with Crippen molar-refractivity contribution in [3.8, 4) is 5.75 Å². The fourth-order valence-corrected chi connectivity index (χ4v) is 6.35. The molecule has 1 saturated heterocycles. The normalized spacial score (nSPS) is 25.5. The number of benzene rings is 1. The van der Waals surface area contributed by atoms with Gasteiger partial charge in [-0.2, -0.15) is 5.09 Å². The Morgan fingerprint density at radius 2 is 2.05 bits per heavy atom. The van der Waals surface area contributed by atoms with Crippen LogP contribution >= 0.6 is 19.1 Å². The second-order valence-electron chi connectivity index (χ2n) is 9.45. The number of nitrogens with zero attached hydrogens (tertiary/aromatic N) is 1. The maximum Gasteiger partial charge on any atom is 0.459 e. The second-order valence-corrected chi connectivity index (χ2v) is 12.1. The molecule has 0 aliphatic carbocycles. The Morgan fingerprint density at radius 1 is 1.31 bits per heavy atom. The molecule has 39 heavy (non-hydrogen) atoms. The van der Waals surface area contributed by atoms with E-state index in [1.807, 2.05) is 16.4 Å². The van der Waals surface area contributed by atoms with Crippen molar-refractivity contribution in [1.82, 2.24) is 14.6 Å². The molecule has 0 bridgehead atoms. The number of fused-ring (bicyclic) bond motifs is 1. The molecule has 15 heteroatoms. The third-order valence-corrected chi connectivity index (χ3v) is 8.47. The van der Waals surface area contributed by atoms with Gasteiger partial charge in [-0.05, 0) is 51.3 Å². The number of esters is 1. The summed E-state index contributed by atoms with van der Waals surface area (Å²) in [5.74, 6) is -0.507. The van der Waals surface area contributed by atoms with E-state index in [2.05, 4.69) is 5.09 Å². The topological polar surface area (TPSA) is 158 Å². The lowest BCUT2D eigenvalue weighted by Gasteiger charge is -2.25. The van der Waals surface area contributed by atoms with Crippen LogP contribution < -0.4 is 20.9 Å². The van der Waals surface area contributed by atoms with Gasteiger partial charge in [0.2, 0.25) is 0 Å². The van der Waals surface area contributed by atoms with Crippen LogP contribution in [0, 0.1) is 0 Å². The van der Waals surface area contributed by atoms with E-state index in [4.69, 9.17) is 18.5 Å². The van der Waals surface area contributed by atoms with Crippen molar-refractivity contribution < 1.29 is 37.4 Å². The zero-order valence-corrected chi connectivity index (χ0v) is 23.2. The van der Waals surface area contributed by atoms with Crippen molar-refractivity contribution >= 4 is 35.1 Å². The number of hydrogen-bond donors (Lipinski definition) is 3. The average Bonchev–Trinajstić information content (AvgIpc) is 3.41. The average molecular weight is 586 g/mol. The fraction of sp³-hybridized carbons (Fsp3) is 0.458. The molecule has 2 unspecified atom stereocenters. The third-order valence-electron chi connectivity index (χ3n) is 5.96. The minimum absolute atomic E-state index is 0.204. The number of alkyl halides is 1. The van der Waals surface area contributed by atoms with Gasteiger partial charge in [0.1, 0.15) is 24.0 Å². The quantitative estimate of drug-likeness (QED) is 0.239. The van der Waals surface area contributed by atoms with Gasteiger partial charge < -0.3 is 19.1 Å². The van der Waals surface area contributed by atoms with Crippen molar-refractivity contribution in [2.75, 3.05) is 6.61 Å². The highest BCUT2D eigenvalue weighted by Crippen LogP contribution is 2.49. The van der Waals surface area contributed by atoms with Gasteiger partial charge in [-0.1, -0.05) is 6.07 Å². The summed E-state index contributed by atoms with van der Waals surface area (Å²) in [5, 5.41) is 15.7. The largest absolute Gasteiger partial charge is 0.462 e. The summed E-state index contributed by atoms with van der Waals surface area (Å²) >= 11 is 1.44. The first-order valence-electron chi connectivity index (χ1n) is 12.0. The SMILES string of the molecule is CC(C)OC(=O)[C@H](C)NP(=O)(OCC1O[C@@H](n2ccc(=O)[nH]c2=O)[C@](C)(F)[C@@H]1O)Oc1cccc2sccc12. The summed E-state index contributed by atoms with van der Waals surface area (Å²) in [6.07, 6.45) is -4.24. The summed E-state index contributed by atoms with van der Waals surface area (Å²) in [7, 11) is -4.38. The van der Waals surface area contributed by atoms with Crippen LogP contribution in [0.1, 0.15) is 33.9 Å². The van der Waals surface area contributed by atoms with Crippen LogP contribution in [-0.4, -0.2) is 57.3 Å². The van der Waals surface area contributed by atoms with Crippen LogP contribution in [0.15, 0.2) is 51.5 Å². The van der Waals surface area contributed by atoms with E-state index in [0.29, 0.717) is 5.39 Å². The van der Waals surface area contributed by atoms with Gasteiger partial charge >= 0.3 is 19.4 Å². The van der Waals surface area contributed by atoms with Gasteiger partial charge in [-0.25, -0.2) is 13.8 Å². The summed E-state index contributed by atoms with van der Waals surface area (Å²) in [4.78, 5) is 38.1. The van der Waals surface area contributed by atoms with Crippen LogP contribution in [-0.2, 0) is 23.4 Å². The molecule has 0 amide bonds. The number of aromatic amines is 1. The van der Waals surface area contributed by atoms with Crippen LogP contribution in [0.4, 0.5) is 4.39 Å². The monoisotopic (exact) mass is 585 g/mol. The number of nitrogens with one attached hydrogen (secondary N) is 2. The Balaban J connectivity index is 1.58. The summed E-state index contributed by atoms with van der Waals surface area (Å²) < 4.78 is 53.3. The standard InChI is InChI=1S/C24H29FN3O9PS/c1-13(2)35-21(31)14(3)27-38(33,37-16-6-5-7-18-15(16)9-11-39-18)34-12-17-20(30)24(4,25)22(36-17)28-10-8-19(29)26-23(28)32/h5-11,13-14,17,20,22,30H,12H2,1-4H3,(H,27,33)(H,26,29,32)/t14-,17?,20+,22+,24+,38?/m0/s1. The van der Waals surface area contributed by atoms with Crippen molar-refractivity contribution in [3.05, 3.63) is 62.7 Å². The van der Waals surface area contributed by atoms with E-state index in [0.717, 1.165) is 28.5 Å². The molecular weight excluding hydrogens is 556 g/mol. The highest BCUT2D eigenvalue weighted by molar-refractivity contribution is 7.52. The molecule has 3 N–H and O–H groups in total. The van der Waals surface area contributed by atoms with Crippen molar-refractivity contribution in [2.24, 2.45) is 0 Å². The van der Waals surface area contributed by atoms with E-state index in [9.17, 15) is 24.1 Å². The van der Waals surface area contributed by atoms with E-state index >= 15 is 4.39 Å². The van der Waals surface area contributed by atoms with Crippen LogP contribution in [0.2, 0.25) is 0 Å². The lowest BCUT2D eigenvalue weighted by Crippen LogP contribution is -2.43. The van der Waals surface area contributed by atoms with E-state index < -0.39 is 67.8 Å². The molecule has 1 aliphatic heterocycles. The van der Waals surface area contributed by atoms with Crippen molar-refractivity contribution in [2.45, 2.75) is 63.9 Å². The molecule has 0 saturated carbocycles. The number of rotatable bonds is 10. The Labute approximate surface area is 226 Å². The van der Waals surface area contributed by atoms with Crippen LogP contribution in [0.5, 0.6) is 5.75 Å². The number of carbonyl (C=O) groups is 1. The molecule has 1 aliphatic rings. The van der Waals surface area contributed by atoms with Crippen molar-refractivity contribution in [3.63, 3.8) is 0 Å². The molecule has 0 spiro atoms. The number of halogens is 1. The number of aliphatic hydroxyl groups excluding tert-OH is 1. The fourth-order valence-electron chi connectivity index (χ4n) is 4.02. The first kappa shape index (κ1) is 29.1. The van der Waals surface area contributed by atoms with Gasteiger partial charge in [0.05, 0.1) is 12.7 Å². The van der Waals surface area contributed by atoms with Crippen LogP contribution in [0.3, 0.4) is 0 Å². The highest BCUT2D eigenvalue weighted by Gasteiger charge is 2.56. The minimum Gasteiger partial charge on any atom is -0.462 e. The zero-order chi connectivity index (χ0) is 28.5. The van der Waals surface area contributed by atoms with Gasteiger partial charge in [-0.3, -0.25) is 23.7 Å². The van der Waals surface area contributed by atoms with Gasteiger partial charge in [-0.15, -0.1) is 11.3 Å². The molecule has 4 rings (SSSR count). The Morgan fingerprint density at radius 3 is 2.74 bits per heavy atom. The third kappa shape index (κ3) is 6.32. The first-order chi connectivity index (χ1) is 18.3. The van der Waals surface area contributed by atoms with Gasteiger partial charge in [0.25, 0.3) is 5.56 Å². The number of H-pyrrole nitrogens is 1. The lowest BCUT2D eigenvalue weighted by atomic mass is 9.98. The molecule has 1 aromatic carbocycles. The predicted molar refractivity (Wildman–Crippen MR) is 141 cm³/mol. The molecule has 12 nitrogen and oxygen atoms in total. The number of ether oxygens (including phenoxy) is 2. The lowest BCUT2D eigenvalue weighted by molar-refractivity contribution is -0.149. The Bertz CT molecular complexity index is 1500. The number of carbonyl (C=O) groups excluding carboxylic acids is 1. The maximum atomic E-state index is 15.6. The number of aliphatic hydroxyl groups is 1. The molecule has 6 atom stereocenters. The summed E-state index contributed by atoms with van der Waals surface area (Å²) in [5.41, 5.74) is -4.13. The van der Waals surface area contributed by atoms with E-state index in [1.54, 1.807) is 32.0 Å². The predicted octanol–water partition coefficient (Wildman–Crippen LogP) is 2.87. The molecule has 3 aromatic rings. The smallest absolute Gasteiger partial charge is 0.459 e. The number of aromatic nitrogens is 2. The summed E-state index contributed by atoms with van der Waals surface area (Å²) in [6.45, 7) is 5.10. The molecular formula is C24H29FN3O9PS. The summed E-state index contributed by atoms with van der Waals surface area (Å²) in [6, 6.07) is 6.75. The van der Waals surface area contributed by atoms with E-state index in [1.165, 1.54) is 18.3 Å². The Kier molecular flexibility index (Phi) is 8.45. The zero-order valence-electron chi connectivity index (χ0n) is 21.5. The number of hydrogen-bond acceptors (Lipinski definition) is 10. The molecule has 0 radical (unpaired) electrons. The van der Waals surface area contributed by atoms with Crippen molar-refractivity contribution in [1.29, 1.82) is 0 Å². The Hall–Kier alpha value is -2.87. The molecule has 3 heterocycles. The maximum absolute atomic E-state index is 15.6. The molecule has 212 valence electrons. The highest BCUT2D eigenvalue weighted by atomic mass is 32.1. The first-order valence-corrected chi connectivity index (χ1v) is 14.5. The van der Waals surface area contributed by atoms with Gasteiger partial charge in [0.15, 0.2) is 11.9 Å². The molecule has 2 aromatic heterocycles. The number of thiophene rings is 1. The van der Waals surface area contributed by atoms with Gasteiger partial charge in [0, 0.05) is 22.3 Å². The minimum atomic E-state index is -4.38. The second kappa shape index (κ2) is 11.3. The molecule has 1 fully saturated rings. The van der Waals surface area contributed by atoms with E-state index in [-0.39, 0.29) is 5.75 Å².